The van der Waals surface area contributed by atoms with Crippen LogP contribution in [0.3, 0.4) is 0 Å². The van der Waals surface area contributed by atoms with Crippen molar-refractivity contribution in [3.8, 4) is 11.6 Å². The molecule has 2 N–H and O–H groups in total. The van der Waals surface area contributed by atoms with Crippen LogP contribution in [0, 0.1) is 6.92 Å². The van der Waals surface area contributed by atoms with Crippen LogP contribution in [-0.4, -0.2) is 27.7 Å². The Bertz CT molecular complexity index is 1170. The highest BCUT2D eigenvalue weighted by atomic mass is 16.3. The van der Waals surface area contributed by atoms with E-state index in [0.29, 0.717) is 29.6 Å². The van der Waals surface area contributed by atoms with Crippen molar-refractivity contribution in [2.45, 2.75) is 13.5 Å². The zero-order valence-corrected chi connectivity index (χ0v) is 16.0. The van der Waals surface area contributed by atoms with Crippen molar-refractivity contribution in [1.29, 1.82) is 0 Å². The van der Waals surface area contributed by atoms with Crippen molar-refractivity contribution in [2.75, 3.05) is 11.9 Å². The predicted molar refractivity (Wildman–Crippen MR) is 108 cm³/mol. The van der Waals surface area contributed by atoms with E-state index in [9.17, 15) is 4.79 Å². The number of primary amides is 1. The second-order valence-corrected chi connectivity index (χ2v) is 6.86. The van der Waals surface area contributed by atoms with Gasteiger partial charge in [0.25, 0.3) is 0 Å². The molecule has 0 atom stereocenters. The Morgan fingerprint density at radius 3 is 2.71 bits per heavy atom. The molecule has 0 fully saturated rings. The average Bonchev–Trinajstić information content (AvgIpc) is 3.22. The molecule has 0 aliphatic rings. The van der Waals surface area contributed by atoms with Gasteiger partial charge in [-0.05, 0) is 30.7 Å². The fourth-order valence-electron chi connectivity index (χ4n) is 3.41. The maximum absolute atomic E-state index is 11.4. The van der Waals surface area contributed by atoms with Gasteiger partial charge in [-0.15, -0.1) is 10.2 Å². The fraction of sp³-hybridized carbons (Fsp3) is 0.190. The molecule has 0 unspecified atom stereocenters. The van der Waals surface area contributed by atoms with E-state index in [2.05, 4.69) is 10.2 Å². The van der Waals surface area contributed by atoms with Crippen molar-refractivity contribution in [2.24, 2.45) is 12.8 Å². The number of anilines is 1. The van der Waals surface area contributed by atoms with Crippen molar-refractivity contribution in [1.82, 2.24) is 14.8 Å². The maximum atomic E-state index is 11.4. The first kappa shape index (κ1) is 17.8. The summed E-state index contributed by atoms with van der Waals surface area (Å²) in [6, 6.07) is 15.2. The van der Waals surface area contributed by atoms with Crippen molar-refractivity contribution in [3.05, 3.63) is 65.2 Å². The van der Waals surface area contributed by atoms with Crippen LogP contribution in [0.1, 0.15) is 21.5 Å². The molecule has 28 heavy (non-hydrogen) atoms. The first-order chi connectivity index (χ1) is 13.5. The highest BCUT2D eigenvalue weighted by molar-refractivity contribution is 5.92. The van der Waals surface area contributed by atoms with Crippen LogP contribution in [0.2, 0.25) is 0 Å². The van der Waals surface area contributed by atoms with Gasteiger partial charge in [0.15, 0.2) is 5.76 Å². The van der Waals surface area contributed by atoms with Crippen LogP contribution in [0.4, 0.5) is 5.95 Å². The number of para-hydroxylation sites is 1. The van der Waals surface area contributed by atoms with Gasteiger partial charge in [-0.25, -0.2) is 0 Å². The third-order valence-electron chi connectivity index (χ3n) is 4.87. The molecule has 2 aromatic heterocycles. The Hall–Kier alpha value is -3.61. The number of benzene rings is 2. The minimum atomic E-state index is -0.439. The average molecular weight is 375 g/mol. The van der Waals surface area contributed by atoms with Crippen molar-refractivity contribution in [3.63, 3.8) is 0 Å². The molecular formula is C21H21N5O2. The molecule has 4 aromatic rings. The Morgan fingerprint density at radius 1 is 1.18 bits per heavy atom. The monoisotopic (exact) mass is 375 g/mol. The number of furan rings is 1. The van der Waals surface area contributed by atoms with Crippen LogP contribution in [0.15, 0.2) is 52.9 Å². The summed E-state index contributed by atoms with van der Waals surface area (Å²) in [7, 11) is 3.84. The van der Waals surface area contributed by atoms with Gasteiger partial charge >= 0.3 is 0 Å². The summed E-state index contributed by atoms with van der Waals surface area (Å²) in [5.74, 6) is 1.64. The third-order valence-corrected chi connectivity index (χ3v) is 4.87. The number of aromatic nitrogens is 3. The highest BCUT2D eigenvalue weighted by Gasteiger charge is 2.20. The molecule has 142 valence electrons. The normalized spacial score (nSPS) is 11.1. The number of hydrogen-bond acceptors (Lipinski definition) is 5. The number of nitrogens with two attached hydrogens (primary N) is 1. The summed E-state index contributed by atoms with van der Waals surface area (Å²) in [5, 5.41) is 9.77. The van der Waals surface area contributed by atoms with Crippen molar-refractivity contribution >= 4 is 22.8 Å². The first-order valence-corrected chi connectivity index (χ1v) is 8.93. The van der Waals surface area contributed by atoms with Crippen LogP contribution in [0.25, 0.3) is 22.6 Å². The van der Waals surface area contributed by atoms with Gasteiger partial charge in [0.05, 0.1) is 0 Å². The summed E-state index contributed by atoms with van der Waals surface area (Å²) in [5.41, 5.74) is 8.69. The van der Waals surface area contributed by atoms with Crippen LogP contribution in [-0.2, 0) is 13.6 Å². The molecule has 0 aliphatic carbocycles. The molecule has 0 spiro atoms. The van der Waals surface area contributed by atoms with E-state index in [4.69, 9.17) is 10.2 Å². The van der Waals surface area contributed by atoms with Gasteiger partial charge in [-0.3, -0.25) is 9.36 Å². The van der Waals surface area contributed by atoms with E-state index >= 15 is 0 Å². The van der Waals surface area contributed by atoms with Crippen molar-refractivity contribution < 1.29 is 9.21 Å². The summed E-state index contributed by atoms with van der Waals surface area (Å²) in [6.45, 7) is 2.58. The number of carbonyl (C=O) groups is 1. The lowest BCUT2D eigenvalue weighted by molar-refractivity contribution is 0.1000. The van der Waals surface area contributed by atoms with Gasteiger partial charge in [-0.1, -0.05) is 30.3 Å². The Balaban J connectivity index is 1.65. The van der Waals surface area contributed by atoms with Gasteiger partial charge in [0.2, 0.25) is 17.7 Å². The van der Waals surface area contributed by atoms with Gasteiger partial charge in [-0.2, -0.15) is 0 Å². The standard InChI is InChI=1S/C21H21N5O2/c1-13-16-9-4-5-10-17(16)28-18(13)20-23-24-21(26(20)3)25(2)12-14-7-6-8-15(11-14)19(22)27/h4-11H,12H2,1-3H3,(H2,22,27). The van der Waals surface area contributed by atoms with E-state index in [-0.39, 0.29) is 0 Å². The van der Waals surface area contributed by atoms with Crippen LogP contribution in [0.5, 0.6) is 0 Å². The Labute approximate surface area is 162 Å². The fourth-order valence-corrected chi connectivity index (χ4v) is 3.41. The third kappa shape index (κ3) is 3.00. The van der Waals surface area contributed by atoms with E-state index < -0.39 is 5.91 Å². The Kier molecular flexibility index (Phi) is 4.35. The molecule has 2 aromatic carbocycles. The molecule has 0 bridgehead atoms. The number of fused-ring (bicyclic) bond motifs is 1. The van der Waals surface area contributed by atoms with E-state index in [1.165, 1.54) is 0 Å². The summed E-state index contributed by atoms with van der Waals surface area (Å²) < 4.78 is 7.93. The largest absolute Gasteiger partial charge is 0.452 e. The number of hydrogen-bond donors (Lipinski definition) is 1. The van der Waals surface area contributed by atoms with Crippen LogP contribution < -0.4 is 10.6 Å². The number of amides is 1. The zero-order valence-electron chi connectivity index (χ0n) is 16.0. The topological polar surface area (TPSA) is 90.2 Å². The summed E-state index contributed by atoms with van der Waals surface area (Å²) in [6.07, 6.45) is 0. The second-order valence-electron chi connectivity index (χ2n) is 6.86. The molecule has 0 saturated heterocycles. The summed E-state index contributed by atoms with van der Waals surface area (Å²) in [4.78, 5) is 13.4. The highest BCUT2D eigenvalue weighted by Crippen LogP contribution is 2.32. The Morgan fingerprint density at radius 2 is 1.96 bits per heavy atom. The predicted octanol–water partition coefficient (Wildman–Crippen LogP) is 3.27. The smallest absolute Gasteiger partial charge is 0.248 e. The lowest BCUT2D eigenvalue weighted by atomic mass is 10.1. The minimum Gasteiger partial charge on any atom is -0.452 e. The number of rotatable bonds is 5. The molecule has 4 rings (SSSR count). The molecular weight excluding hydrogens is 354 g/mol. The summed E-state index contributed by atoms with van der Waals surface area (Å²) >= 11 is 0. The quantitative estimate of drug-likeness (QED) is 0.578. The van der Waals surface area contributed by atoms with Gasteiger partial charge in [0, 0.05) is 37.2 Å². The minimum absolute atomic E-state index is 0.439. The lowest BCUT2D eigenvalue weighted by Gasteiger charge is -2.18. The maximum Gasteiger partial charge on any atom is 0.248 e. The molecule has 7 heteroatoms. The van der Waals surface area contributed by atoms with Gasteiger partial charge < -0.3 is 15.1 Å². The number of nitrogens with zero attached hydrogens (tertiary/aromatic N) is 4. The van der Waals surface area contributed by atoms with E-state index in [1.807, 2.05) is 66.9 Å². The lowest BCUT2D eigenvalue weighted by Crippen LogP contribution is -2.20. The molecule has 7 nitrogen and oxygen atoms in total. The van der Waals surface area contributed by atoms with Crippen LogP contribution >= 0.6 is 0 Å². The number of aryl methyl sites for hydroxylation is 1. The molecule has 2 heterocycles. The van der Waals surface area contributed by atoms with Gasteiger partial charge in [0.1, 0.15) is 5.58 Å². The van der Waals surface area contributed by atoms with E-state index in [1.54, 1.807) is 12.1 Å². The molecule has 0 aliphatic heterocycles. The molecule has 0 radical (unpaired) electrons. The molecule has 0 saturated carbocycles. The first-order valence-electron chi connectivity index (χ1n) is 8.93. The van der Waals surface area contributed by atoms with E-state index in [0.717, 1.165) is 22.1 Å². The zero-order chi connectivity index (χ0) is 19.8. The SMILES string of the molecule is Cc1c(-c2nnc(N(C)Cc3cccc(C(N)=O)c3)n2C)oc2ccccc12. The number of carbonyl (C=O) groups excluding carboxylic acids is 1. The molecule has 1 amide bonds. The second kappa shape index (κ2) is 6.84.